The molecule has 0 aliphatic carbocycles. The lowest BCUT2D eigenvalue weighted by molar-refractivity contribution is 0.0527. The van der Waals surface area contributed by atoms with E-state index in [4.69, 9.17) is 26.5 Å². The van der Waals surface area contributed by atoms with E-state index in [1.807, 2.05) is 0 Å². The van der Waals surface area contributed by atoms with Crippen molar-refractivity contribution < 1.29 is 23.8 Å². The molecular formula is C13H22N4O5S. The Morgan fingerprint density at radius 1 is 1.43 bits per heavy atom. The molecular weight excluding hydrogens is 324 g/mol. The fraction of sp³-hybridized carbons (Fsp3) is 0.692. The number of nitrogens with one attached hydrogen (secondary N) is 3. The average Bonchev–Trinajstić information content (AvgIpc) is 2.81. The Bertz CT molecular complexity index is 577. The number of aromatic nitrogens is 2. The van der Waals surface area contributed by atoms with E-state index >= 15 is 0 Å². The zero-order valence-corrected chi connectivity index (χ0v) is 14.2. The summed E-state index contributed by atoms with van der Waals surface area (Å²) in [5.74, 6) is 0.192. The maximum Gasteiger partial charge on any atom is 0.407 e. The Morgan fingerprint density at radius 3 is 2.65 bits per heavy atom. The molecule has 23 heavy (non-hydrogen) atoms. The van der Waals surface area contributed by atoms with E-state index in [9.17, 15) is 9.59 Å². The zero-order chi connectivity index (χ0) is 17.5. The standard InChI is InChI=1S/C13H22N4O5S/c1-13(2,3)22-11(20)14-7-5-4-6-8(15-10(18)19)9-16-17-12(23)21-9/h8,15H,4-7H2,1-3H3,(H,14,20)(H,17,23)(H,18,19). The molecule has 10 heteroatoms. The Hall–Kier alpha value is -2.10. The molecule has 0 spiro atoms. The van der Waals surface area contributed by atoms with Crippen molar-refractivity contribution in [1.82, 2.24) is 20.8 Å². The van der Waals surface area contributed by atoms with E-state index in [2.05, 4.69) is 20.8 Å². The van der Waals surface area contributed by atoms with Crippen LogP contribution < -0.4 is 10.6 Å². The van der Waals surface area contributed by atoms with Crippen LogP contribution >= 0.6 is 12.2 Å². The number of carbonyl (C=O) groups is 2. The highest BCUT2D eigenvalue weighted by molar-refractivity contribution is 7.71. The first-order valence-electron chi connectivity index (χ1n) is 7.19. The molecule has 0 bridgehead atoms. The molecule has 130 valence electrons. The maximum absolute atomic E-state index is 11.5. The van der Waals surface area contributed by atoms with Gasteiger partial charge in [-0.15, -0.1) is 5.10 Å². The SMILES string of the molecule is CC(C)(C)OC(=O)NCCCCC(NC(=O)O)c1n[nH]c(=S)o1. The maximum atomic E-state index is 11.5. The normalized spacial score (nSPS) is 12.5. The molecule has 0 radical (unpaired) electrons. The highest BCUT2D eigenvalue weighted by Gasteiger charge is 2.19. The van der Waals surface area contributed by atoms with Gasteiger partial charge in [-0.2, -0.15) is 0 Å². The van der Waals surface area contributed by atoms with E-state index < -0.39 is 23.8 Å². The molecule has 0 aliphatic rings. The fourth-order valence-electron chi connectivity index (χ4n) is 1.77. The second kappa shape index (κ2) is 8.51. The summed E-state index contributed by atoms with van der Waals surface area (Å²) in [4.78, 5) is 22.4. The van der Waals surface area contributed by atoms with Crippen LogP contribution in [0.15, 0.2) is 4.42 Å². The van der Waals surface area contributed by atoms with Crippen molar-refractivity contribution in [3.8, 4) is 0 Å². The van der Waals surface area contributed by atoms with Gasteiger partial charge in [0.25, 0.3) is 4.84 Å². The molecule has 0 aromatic carbocycles. The lowest BCUT2D eigenvalue weighted by atomic mass is 10.1. The average molecular weight is 346 g/mol. The van der Waals surface area contributed by atoms with Crippen LogP contribution in [0, 0.1) is 4.84 Å². The third-order valence-electron chi connectivity index (χ3n) is 2.64. The predicted octanol–water partition coefficient (Wildman–Crippen LogP) is 2.74. The molecule has 1 aromatic rings. The third kappa shape index (κ3) is 8.19. The Balaban J connectivity index is 2.34. The summed E-state index contributed by atoms with van der Waals surface area (Å²) in [7, 11) is 0. The number of hydrogen-bond donors (Lipinski definition) is 4. The zero-order valence-electron chi connectivity index (χ0n) is 13.3. The first-order valence-corrected chi connectivity index (χ1v) is 7.60. The quantitative estimate of drug-likeness (QED) is 0.441. The smallest absolute Gasteiger partial charge is 0.407 e. The summed E-state index contributed by atoms with van der Waals surface area (Å²) in [6.45, 7) is 5.79. The van der Waals surface area contributed by atoms with Gasteiger partial charge in [-0.3, -0.25) is 0 Å². The van der Waals surface area contributed by atoms with Crippen molar-refractivity contribution in [1.29, 1.82) is 0 Å². The fourth-order valence-corrected chi connectivity index (χ4v) is 1.91. The van der Waals surface area contributed by atoms with Gasteiger partial charge < -0.3 is 24.9 Å². The van der Waals surface area contributed by atoms with Gasteiger partial charge in [0.1, 0.15) is 11.6 Å². The van der Waals surface area contributed by atoms with Crippen LogP contribution in [0.3, 0.4) is 0 Å². The van der Waals surface area contributed by atoms with Crippen LogP contribution in [0.4, 0.5) is 9.59 Å². The van der Waals surface area contributed by atoms with Crippen molar-refractivity contribution in [2.24, 2.45) is 0 Å². The second-order valence-electron chi connectivity index (χ2n) is 5.88. The summed E-state index contributed by atoms with van der Waals surface area (Å²) >= 11 is 4.77. The first-order chi connectivity index (χ1) is 10.7. The van der Waals surface area contributed by atoms with Gasteiger partial charge in [0.15, 0.2) is 0 Å². The van der Waals surface area contributed by atoms with E-state index in [0.29, 0.717) is 25.8 Å². The summed E-state index contributed by atoms with van der Waals surface area (Å²) in [6.07, 6.45) is 0.116. The van der Waals surface area contributed by atoms with Gasteiger partial charge in [-0.05, 0) is 52.3 Å². The molecule has 1 heterocycles. The minimum absolute atomic E-state index is 0.0868. The number of carbonyl (C=O) groups excluding carboxylic acids is 1. The highest BCUT2D eigenvalue weighted by atomic mass is 32.1. The molecule has 0 saturated carbocycles. The Labute approximate surface area is 138 Å². The van der Waals surface area contributed by atoms with Gasteiger partial charge >= 0.3 is 12.2 Å². The molecule has 9 nitrogen and oxygen atoms in total. The predicted molar refractivity (Wildman–Crippen MR) is 83.7 cm³/mol. The number of aromatic amines is 1. The molecule has 0 fully saturated rings. The van der Waals surface area contributed by atoms with Gasteiger partial charge in [0, 0.05) is 6.54 Å². The number of H-pyrrole nitrogens is 1. The van der Waals surface area contributed by atoms with Crippen molar-refractivity contribution in [3.63, 3.8) is 0 Å². The summed E-state index contributed by atoms with van der Waals surface area (Å²) in [6, 6.07) is -0.595. The van der Waals surface area contributed by atoms with Crippen molar-refractivity contribution >= 4 is 24.4 Å². The molecule has 1 aromatic heterocycles. The third-order valence-corrected chi connectivity index (χ3v) is 2.81. The highest BCUT2D eigenvalue weighted by Crippen LogP contribution is 2.17. The van der Waals surface area contributed by atoms with Gasteiger partial charge in [0.05, 0.1) is 0 Å². The lowest BCUT2D eigenvalue weighted by Gasteiger charge is -2.19. The minimum Gasteiger partial charge on any atom is -0.465 e. The number of rotatable bonds is 7. The van der Waals surface area contributed by atoms with E-state index in [-0.39, 0.29) is 10.7 Å². The number of nitrogens with zero attached hydrogens (tertiary/aromatic N) is 1. The van der Waals surface area contributed by atoms with Crippen LogP contribution in [0.5, 0.6) is 0 Å². The van der Waals surface area contributed by atoms with E-state index in [1.54, 1.807) is 20.8 Å². The summed E-state index contributed by atoms with van der Waals surface area (Å²) in [5, 5.41) is 20.1. The molecule has 1 unspecified atom stereocenters. The monoisotopic (exact) mass is 346 g/mol. The van der Waals surface area contributed by atoms with Crippen LogP contribution in [-0.2, 0) is 4.74 Å². The van der Waals surface area contributed by atoms with Gasteiger partial charge in [-0.1, -0.05) is 0 Å². The second-order valence-corrected chi connectivity index (χ2v) is 6.25. The minimum atomic E-state index is -1.18. The Kier molecular flexibility index (Phi) is 7.01. The number of carboxylic acid groups (broad SMARTS) is 1. The number of unbranched alkanes of at least 4 members (excludes halogenated alkanes) is 1. The number of ether oxygens (including phenoxy) is 1. The topological polar surface area (TPSA) is 129 Å². The largest absolute Gasteiger partial charge is 0.465 e. The van der Waals surface area contributed by atoms with Crippen LogP contribution in [0.1, 0.15) is 52.0 Å². The summed E-state index contributed by atoms with van der Waals surface area (Å²) < 4.78 is 10.2. The molecule has 1 rings (SSSR count). The molecule has 0 aliphatic heterocycles. The van der Waals surface area contributed by atoms with Crippen molar-refractivity contribution in [2.45, 2.75) is 51.7 Å². The lowest BCUT2D eigenvalue weighted by Crippen LogP contribution is -2.33. The van der Waals surface area contributed by atoms with E-state index in [1.165, 1.54) is 0 Å². The molecule has 2 amide bonds. The molecule has 0 saturated heterocycles. The number of hydrogen-bond acceptors (Lipinski definition) is 6. The number of amides is 2. The number of alkyl carbamates (subject to hydrolysis) is 1. The van der Waals surface area contributed by atoms with E-state index in [0.717, 1.165) is 0 Å². The molecule has 1 atom stereocenters. The summed E-state index contributed by atoms with van der Waals surface area (Å²) in [5.41, 5.74) is -0.538. The Morgan fingerprint density at radius 2 is 2.13 bits per heavy atom. The van der Waals surface area contributed by atoms with Crippen LogP contribution in [0.2, 0.25) is 0 Å². The first kappa shape index (κ1) is 18.9. The van der Waals surface area contributed by atoms with Crippen LogP contribution in [-0.4, -0.2) is 39.6 Å². The van der Waals surface area contributed by atoms with Gasteiger partial charge in [-0.25, -0.2) is 14.7 Å². The van der Waals surface area contributed by atoms with Crippen molar-refractivity contribution in [2.75, 3.05) is 6.54 Å². The van der Waals surface area contributed by atoms with Gasteiger partial charge in [0.2, 0.25) is 5.89 Å². The van der Waals surface area contributed by atoms with Crippen molar-refractivity contribution in [3.05, 3.63) is 10.7 Å². The van der Waals surface area contributed by atoms with Crippen LogP contribution in [0.25, 0.3) is 0 Å². The molecule has 4 N–H and O–H groups in total.